The van der Waals surface area contributed by atoms with E-state index in [1.54, 1.807) is 22.2 Å². The van der Waals surface area contributed by atoms with E-state index in [9.17, 15) is 4.79 Å². The number of fused-ring (bicyclic) bond motifs is 3. The zero-order valence-corrected chi connectivity index (χ0v) is 15.3. The predicted molar refractivity (Wildman–Crippen MR) is 102 cm³/mol. The number of hydrogen-bond acceptors (Lipinski definition) is 6. The normalized spacial score (nSPS) is 17.0. The molecule has 0 bridgehead atoms. The molecule has 26 heavy (non-hydrogen) atoms. The van der Waals surface area contributed by atoms with Gasteiger partial charge in [-0.2, -0.15) is 0 Å². The van der Waals surface area contributed by atoms with Gasteiger partial charge in [0.25, 0.3) is 5.56 Å². The van der Waals surface area contributed by atoms with Crippen LogP contribution < -0.4 is 10.5 Å². The highest BCUT2D eigenvalue weighted by atomic mass is 32.1. The molecule has 2 aliphatic rings. The van der Waals surface area contributed by atoms with Crippen LogP contribution in [-0.2, 0) is 24.1 Å². The van der Waals surface area contributed by atoms with Crippen LogP contribution in [0.15, 0.2) is 29.5 Å². The Morgan fingerprint density at radius 1 is 1.19 bits per heavy atom. The van der Waals surface area contributed by atoms with E-state index >= 15 is 0 Å². The molecular formula is C19H20N4O2S. The largest absolute Gasteiger partial charge is 0.378 e. The molecule has 0 atom stereocenters. The summed E-state index contributed by atoms with van der Waals surface area (Å²) in [6.45, 7) is 3.57. The third-order valence-electron chi connectivity index (χ3n) is 5.21. The first-order valence-electron chi connectivity index (χ1n) is 9.07. The molecule has 3 aromatic heterocycles. The molecule has 134 valence electrons. The SMILES string of the molecule is O=c1c2c3c(sc2ncn1Cc1cccnc1N1CCOCC1)CCC3. The minimum atomic E-state index is 0.0752. The Hall–Kier alpha value is -2.25. The van der Waals surface area contributed by atoms with Crippen molar-refractivity contribution in [2.24, 2.45) is 0 Å². The lowest BCUT2D eigenvalue weighted by molar-refractivity contribution is 0.122. The quantitative estimate of drug-likeness (QED) is 0.709. The van der Waals surface area contributed by atoms with E-state index in [4.69, 9.17) is 4.74 Å². The highest BCUT2D eigenvalue weighted by molar-refractivity contribution is 7.18. The van der Waals surface area contributed by atoms with Crippen molar-refractivity contribution in [1.29, 1.82) is 0 Å². The second-order valence-corrected chi connectivity index (χ2v) is 7.88. The topological polar surface area (TPSA) is 60.2 Å². The van der Waals surface area contributed by atoms with Gasteiger partial charge >= 0.3 is 0 Å². The van der Waals surface area contributed by atoms with Crippen LogP contribution in [0.2, 0.25) is 0 Å². The lowest BCUT2D eigenvalue weighted by Crippen LogP contribution is -2.37. The zero-order chi connectivity index (χ0) is 17.5. The third-order valence-corrected chi connectivity index (χ3v) is 6.41. The van der Waals surface area contributed by atoms with Crippen molar-refractivity contribution in [3.63, 3.8) is 0 Å². The summed E-state index contributed by atoms with van der Waals surface area (Å²) in [5.41, 5.74) is 2.35. The van der Waals surface area contributed by atoms with Gasteiger partial charge < -0.3 is 9.64 Å². The fourth-order valence-corrected chi connectivity index (χ4v) is 5.15. The van der Waals surface area contributed by atoms with Crippen LogP contribution in [0.4, 0.5) is 5.82 Å². The Bertz CT molecular complexity index is 1020. The molecule has 0 N–H and O–H groups in total. The van der Waals surface area contributed by atoms with Crippen LogP contribution in [0, 0.1) is 0 Å². The highest BCUT2D eigenvalue weighted by Gasteiger charge is 2.22. The summed E-state index contributed by atoms with van der Waals surface area (Å²) in [6.07, 6.45) is 6.73. The second-order valence-electron chi connectivity index (χ2n) is 6.80. The number of anilines is 1. The lowest BCUT2D eigenvalue weighted by Gasteiger charge is -2.29. The van der Waals surface area contributed by atoms with E-state index < -0.39 is 0 Å². The highest BCUT2D eigenvalue weighted by Crippen LogP contribution is 2.34. The molecule has 1 aliphatic carbocycles. The Morgan fingerprint density at radius 3 is 2.96 bits per heavy atom. The van der Waals surface area contributed by atoms with Crippen molar-refractivity contribution in [3.8, 4) is 0 Å². The Labute approximate surface area is 155 Å². The monoisotopic (exact) mass is 368 g/mol. The van der Waals surface area contributed by atoms with Crippen LogP contribution in [0.3, 0.4) is 0 Å². The molecule has 1 aliphatic heterocycles. The van der Waals surface area contributed by atoms with Gasteiger partial charge in [0.2, 0.25) is 0 Å². The van der Waals surface area contributed by atoms with E-state index in [0.29, 0.717) is 19.8 Å². The predicted octanol–water partition coefficient (Wildman–Crippen LogP) is 2.23. The standard InChI is InChI=1S/C19H20N4O2S/c24-19-16-14-4-1-5-15(14)26-18(16)21-12-23(19)11-13-3-2-6-20-17(13)22-7-9-25-10-8-22/h2-3,6,12H,1,4-5,7-11H2. The summed E-state index contributed by atoms with van der Waals surface area (Å²) in [4.78, 5) is 26.7. The van der Waals surface area contributed by atoms with E-state index in [1.807, 2.05) is 18.3 Å². The summed E-state index contributed by atoms with van der Waals surface area (Å²) in [7, 11) is 0. The molecule has 0 amide bonds. The number of pyridine rings is 1. The first kappa shape index (κ1) is 16.0. The van der Waals surface area contributed by atoms with Crippen molar-refractivity contribution in [2.45, 2.75) is 25.8 Å². The first-order chi connectivity index (χ1) is 12.8. The van der Waals surface area contributed by atoms with Gasteiger partial charge in [-0.1, -0.05) is 6.07 Å². The zero-order valence-electron chi connectivity index (χ0n) is 14.5. The van der Waals surface area contributed by atoms with Crippen LogP contribution in [0.1, 0.15) is 22.4 Å². The summed E-state index contributed by atoms with van der Waals surface area (Å²) in [5, 5.41) is 0.835. The number of thiophene rings is 1. The van der Waals surface area contributed by atoms with Crippen LogP contribution in [0.5, 0.6) is 0 Å². The summed E-state index contributed by atoms with van der Waals surface area (Å²) in [5.74, 6) is 0.943. The molecule has 1 saturated heterocycles. The number of nitrogens with zero attached hydrogens (tertiary/aromatic N) is 4. The second kappa shape index (κ2) is 6.48. The average molecular weight is 368 g/mol. The van der Waals surface area contributed by atoms with Gasteiger partial charge in [0.1, 0.15) is 10.6 Å². The lowest BCUT2D eigenvalue weighted by atomic mass is 10.2. The van der Waals surface area contributed by atoms with Gasteiger partial charge in [0, 0.05) is 29.7 Å². The molecule has 5 rings (SSSR count). The summed E-state index contributed by atoms with van der Waals surface area (Å²) < 4.78 is 7.18. The molecule has 0 aromatic carbocycles. The van der Waals surface area contributed by atoms with Crippen molar-refractivity contribution in [3.05, 3.63) is 51.0 Å². The molecular weight excluding hydrogens is 348 g/mol. The molecule has 1 fully saturated rings. The fourth-order valence-electron chi connectivity index (χ4n) is 3.93. The molecule has 0 spiro atoms. The van der Waals surface area contributed by atoms with Crippen LogP contribution in [0.25, 0.3) is 10.2 Å². The van der Waals surface area contributed by atoms with Crippen molar-refractivity contribution >= 4 is 27.4 Å². The minimum absolute atomic E-state index is 0.0752. The molecule has 0 unspecified atom stereocenters. The first-order valence-corrected chi connectivity index (χ1v) is 9.89. The number of aromatic nitrogens is 3. The van der Waals surface area contributed by atoms with Crippen molar-refractivity contribution in [2.75, 3.05) is 31.2 Å². The Balaban J connectivity index is 1.54. The van der Waals surface area contributed by atoms with Crippen LogP contribution in [-0.4, -0.2) is 40.8 Å². The molecule has 7 heteroatoms. The van der Waals surface area contributed by atoms with E-state index in [2.05, 4.69) is 14.9 Å². The maximum atomic E-state index is 13.1. The Morgan fingerprint density at radius 2 is 2.08 bits per heavy atom. The molecule has 4 heterocycles. The van der Waals surface area contributed by atoms with Gasteiger partial charge in [-0.15, -0.1) is 11.3 Å². The molecule has 3 aromatic rings. The number of aryl methyl sites for hydroxylation is 2. The fraction of sp³-hybridized carbons (Fsp3) is 0.421. The van der Waals surface area contributed by atoms with Gasteiger partial charge in [0.15, 0.2) is 0 Å². The summed E-state index contributed by atoms with van der Waals surface area (Å²) >= 11 is 1.68. The average Bonchev–Trinajstić information content (AvgIpc) is 3.26. The Kier molecular flexibility index (Phi) is 3.98. The van der Waals surface area contributed by atoms with Crippen LogP contribution >= 0.6 is 11.3 Å². The van der Waals surface area contributed by atoms with Crippen molar-refractivity contribution in [1.82, 2.24) is 14.5 Å². The maximum Gasteiger partial charge on any atom is 0.262 e. The summed E-state index contributed by atoms with van der Waals surface area (Å²) in [6, 6.07) is 3.98. The maximum absolute atomic E-state index is 13.1. The van der Waals surface area contributed by atoms with Gasteiger partial charge in [-0.25, -0.2) is 9.97 Å². The number of rotatable bonds is 3. The molecule has 0 radical (unpaired) electrons. The smallest absolute Gasteiger partial charge is 0.262 e. The number of morpholine rings is 1. The number of ether oxygens (including phenoxy) is 1. The van der Waals surface area contributed by atoms with Gasteiger partial charge in [-0.3, -0.25) is 9.36 Å². The minimum Gasteiger partial charge on any atom is -0.378 e. The van der Waals surface area contributed by atoms with E-state index in [1.165, 1.54) is 10.4 Å². The molecule has 0 saturated carbocycles. The third kappa shape index (κ3) is 2.62. The van der Waals surface area contributed by atoms with E-state index in [0.717, 1.165) is 53.9 Å². The van der Waals surface area contributed by atoms with Gasteiger partial charge in [0.05, 0.1) is 31.5 Å². The van der Waals surface area contributed by atoms with Gasteiger partial charge in [-0.05, 0) is 30.9 Å². The molecule has 6 nitrogen and oxygen atoms in total. The number of hydrogen-bond donors (Lipinski definition) is 0. The van der Waals surface area contributed by atoms with E-state index in [-0.39, 0.29) is 5.56 Å². The van der Waals surface area contributed by atoms with Crippen molar-refractivity contribution < 1.29 is 4.74 Å².